The molecule has 0 spiro atoms. The molecule has 0 aliphatic heterocycles. The number of rotatable bonds is 10. The summed E-state index contributed by atoms with van der Waals surface area (Å²) in [5, 5.41) is 0. The van der Waals surface area contributed by atoms with E-state index in [4.69, 9.17) is 0 Å². The van der Waals surface area contributed by atoms with Crippen LogP contribution in [0.2, 0.25) is 17.7 Å². The maximum atomic E-state index is 4.01. The molecule has 0 aromatic rings. The summed E-state index contributed by atoms with van der Waals surface area (Å²) in [6.45, 7) is 17.5. The molecule has 2 atom stereocenters. The monoisotopic (exact) mass is 344 g/mol. The van der Waals surface area contributed by atoms with E-state index in [0.29, 0.717) is 0 Å². The molecule has 0 aromatic heterocycles. The molecule has 0 radical (unpaired) electrons. The fourth-order valence-electron chi connectivity index (χ4n) is 2.88. The van der Waals surface area contributed by atoms with Gasteiger partial charge in [-0.2, -0.15) is 0 Å². The summed E-state index contributed by atoms with van der Waals surface area (Å²) in [7, 11) is 0. The summed E-state index contributed by atoms with van der Waals surface area (Å²) in [6.07, 6.45) is 7.05. The van der Waals surface area contributed by atoms with Crippen LogP contribution in [0.5, 0.6) is 0 Å². The van der Waals surface area contributed by atoms with Crippen LogP contribution in [0.1, 0.15) is 40.5 Å². The number of hydrogen-bond acceptors (Lipinski definition) is 0. The Morgan fingerprint density at radius 1 is 0.882 bits per heavy atom. The van der Waals surface area contributed by atoms with Crippen molar-refractivity contribution in [1.29, 1.82) is 0 Å². The predicted molar refractivity (Wildman–Crippen MR) is 84.3 cm³/mol. The predicted octanol–water partition coefficient (Wildman–Crippen LogP) is 5.90. The quantitative estimate of drug-likeness (QED) is 0.342. The van der Waals surface area contributed by atoms with Crippen LogP contribution in [-0.2, 0) is 0 Å². The van der Waals surface area contributed by atoms with Gasteiger partial charge in [0, 0.05) is 0 Å². The first-order valence-electron chi connectivity index (χ1n) is 7.25. The Bertz CT molecular complexity index is 196. The minimum atomic E-state index is -2.02. The third-order valence-corrected chi connectivity index (χ3v) is 19.6. The molecular weight excluding hydrogens is 311 g/mol. The van der Waals surface area contributed by atoms with Crippen molar-refractivity contribution >= 4 is 18.4 Å². The van der Waals surface area contributed by atoms with Crippen LogP contribution < -0.4 is 0 Å². The molecule has 17 heavy (non-hydrogen) atoms. The second-order valence-corrected chi connectivity index (χ2v) is 19.1. The molecule has 0 bridgehead atoms. The van der Waals surface area contributed by atoms with Crippen LogP contribution in [0.15, 0.2) is 25.3 Å². The molecule has 0 saturated heterocycles. The van der Waals surface area contributed by atoms with E-state index in [-0.39, 0.29) is 0 Å². The fourth-order valence-corrected chi connectivity index (χ4v) is 19.3. The van der Waals surface area contributed by atoms with E-state index >= 15 is 0 Å². The Balaban J connectivity index is 4.81. The summed E-state index contributed by atoms with van der Waals surface area (Å²) >= 11 is -2.02. The second kappa shape index (κ2) is 9.24. The average molecular weight is 343 g/mol. The van der Waals surface area contributed by atoms with Crippen LogP contribution in [0, 0.1) is 11.8 Å². The van der Waals surface area contributed by atoms with E-state index in [2.05, 4.69) is 53.0 Å². The van der Waals surface area contributed by atoms with Gasteiger partial charge >= 0.3 is 114 Å². The van der Waals surface area contributed by atoms with Crippen LogP contribution in [-0.4, -0.2) is 18.4 Å². The van der Waals surface area contributed by atoms with Crippen LogP contribution in [0.25, 0.3) is 0 Å². The Morgan fingerprint density at radius 3 is 1.47 bits per heavy atom. The van der Waals surface area contributed by atoms with Gasteiger partial charge in [0.2, 0.25) is 0 Å². The van der Waals surface area contributed by atoms with E-state index in [1.807, 2.05) is 0 Å². The van der Waals surface area contributed by atoms with Crippen LogP contribution in [0.4, 0.5) is 0 Å². The van der Waals surface area contributed by atoms with Crippen molar-refractivity contribution in [2.75, 3.05) is 0 Å². The average Bonchev–Trinajstić information content (AvgIpc) is 2.29. The summed E-state index contributed by atoms with van der Waals surface area (Å²) in [5.74, 6) is 1.80. The van der Waals surface area contributed by atoms with Gasteiger partial charge in [0.15, 0.2) is 0 Å². The standard InChI is InChI=1S/2C5H11.2C3H5.Sn/c2*1-4-5(2)3;2*1-3-2;/h2*5H,2,4H2,1,3H3;2*3H,1-2H2;. The molecule has 0 heterocycles. The summed E-state index contributed by atoms with van der Waals surface area (Å²) < 4.78 is 5.73. The molecule has 0 rings (SSSR count). The van der Waals surface area contributed by atoms with Gasteiger partial charge in [0.25, 0.3) is 0 Å². The van der Waals surface area contributed by atoms with Crippen molar-refractivity contribution in [3.63, 3.8) is 0 Å². The van der Waals surface area contributed by atoms with E-state index in [1.165, 1.54) is 30.6 Å². The van der Waals surface area contributed by atoms with Crippen LogP contribution in [0.3, 0.4) is 0 Å². The summed E-state index contributed by atoms with van der Waals surface area (Å²) in [5.41, 5.74) is 0. The Labute approximate surface area is 113 Å². The SMILES string of the molecule is C=C[CH2][Sn]([CH2]C=C)([CH2]C(C)CC)[CH2]C(C)CC. The third kappa shape index (κ3) is 6.69. The fraction of sp³-hybridized carbons (Fsp3) is 0.750. The van der Waals surface area contributed by atoms with E-state index < -0.39 is 18.4 Å². The summed E-state index contributed by atoms with van der Waals surface area (Å²) in [6, 6.07) is 0. The number of hydrogen-bond donors (Lipinski definition) is 0. The molecular formula is C16H32Sn. The van der Waals surface area contributed by atoms with Gasteiger partial charge < -0.3 is 0 Å². The van der Waals surface area contributed by atoms with Crippen molar-refractivity contribution in [2.45, 2.75) is 58.3 Å². The van der Waals surface area contributed by atoms with Crippen LogP contribution >= 0.6 is 0 Å². The molecule has 0 N–H and O–H groups in total. The molecule has 0 nitrogen and oxygen atoms in total. The second-order valence-electron chi connectivity index (χ2n) is 5.92. The minimum absolute atomic E-state index is 0.898. The van der Waals surface area contributed by atoms with Crippen molar-refractivity contribution in [3.05, 3.63) is 25.3 Å². The zero-order chi connectivity index (χ0) is 13.3. The van der Waals surface area contributed by atoms with Crippen molar-refractivity contribution in [2.24, 2.45) is 11.8 Å². The molecule has 1 heteroatoms. The molecule has 100 valence electrons. The van der Waals surface area contributed by atoms with E-state index in [1.54, 1.807) is 0 Å². The molecule has 0 aromatic carbocycles. The van der Waals surface area contributed by atoms with Gasteiger partial charge in [-0.15, -0.1) is 0 Å². The number of allylic oxidation sites excluding steroid dienone is 2. The van der Waals surface area contributed by atoms with Gasteiger partial charge in [0.1, 0.15) is 0 Å². The molecule has 0 aliphatic rings. The van der Waals surface area contributed by atoms with Gasteiger partial charge in [-0.05, 0) is 0 Å². The topological polar surface area (TPSA) is 0 Å². The van der Waals surface area contributed by atoms with Crippen molar-refractivity contribution in [3.8, 4) is 0 Å². The Morgan fingerprint density at radius 2 is 1.24 bits per heavy atom. The molecule has 0 saturated carbocycles. The van der Waals surface area contributed by atoms with Crippen molar-refractivity contribution in [1.82, 2.24) is 0 Å². The molecule has 0 aliphatic carbocycles. The van der Waals surface area contributed by atoms with Gasteiger partial charge in [-0.25, -0.2) is 0 Å². The first kappa shape index (κ1) is 17.3. The van der Waals surface area contributed by atoms with Gasteiger partial charge in [-0.1, -0.05) is 0 Å². The molecule has 0 amide bonds. The van der Waals surface area contributed by atoms with Crippen molar-refractivity contribution < 1.29 is 0 Å². The molecule has 0 fully saturated rings. The van der Waals surface area contributed by atoms with E-state index in [0.717, 1.165) is 11.8 Å². The molecule has 2 unspecified atom stereocenters. The van der Waals surface area contributed by atoms with E-state index in [9.17, 15) is 0 Å². The van der Waals surface area contributed by atoms with Gasteiger partial charge in [0.05, 0.1) is 0 Å². The first-order valence-corrected chi connectivity index (χ1v) is 15.3. The Kier molecular flexibility index (Phi) is 9.39. The zero-order valence-corrected chi connectivity index (χ0v) is 15.3. The normalized spacial score (nSPS) is 15.3. The third-order valence-electron chi connectivity index (χ3n) is 4.11. The first-order chi connectivity index (χ1) is 8.03. The maximum absolute atomic E-state index is 4.01. The van der Waals surface area contributed by atoms with Gasteiger partial charge in [-0.3, -0.25) is 0 Å². The summed E-state index contributed by atoms with van der Waals surface area (Å²) in [4.78, 5) is 0. The Hall–Kier alpha value is 0.279. The zero-order valence-electron chi connectivity index (χ0n) is 12.5.